The Morgan fingerprint density at radius 2 is 1.65 bits per heavy atom. The summed E-state index contributed by atoms with van der Waals surface area (Å²) in [6.07, 6.45) is 2.13. The third kappa shape index (κ3) is 1.74. The van der Waals surface area contributed by atoms with Crippen LogP contribution in [0.5, 0.6) is 0 Å². The molecule has 0 saturated heterocycles. The summed E-state index contributed by atoms with van der Waals surface area (Å²) < 4.78 is 23.6. The normalized spacial score (nSPS) is 19.1. The van der Waals surface area contributed by atoms with Crippen LogP contribution in [0.15, 0.2) is 35.2 Å². The Kier molecular flexibility index (Phi) is 2.95. The van der Waals surface area contributed by atoms with Crippen LogP contribution in [0.3, 0.4) is 0 Å². The van der Waals surface area contributed by atoms with Gasteiger partial charge in [0.15, 0.2) is 14.6 Å². The first-order chi connectivity index (χ1) is 8.01. The third-order valence-corrected chi connectivity index (χ3v) is 5.96. The molecule has 4 nitrogen and oxygen atoms in total. The van der Waals surface area contributed by atoms with Crippen LogP contribution in [-0.4, -0.2) is 19.1 Å². The summed E-state index contributed by atoms with van der Waals surface area (Å²) in [6, 6.07) is 8.06. The van der Waals surface area contributed by atoms with Gasteiger partial charge < -0.3 is 5.73 Å². The Morgan fingerprint density at radius 1 is 1.12 bits per heavy atom. The summed E-state index contributed by atoms with van der Waals surface area (Å²) in [5.41, 5.74) is 5.34. The molecule has 0 radical (unpaired) electrons. The fraction of sp³-hybridized carbons (Fsp3) is 0.417. The quantitative estimate of drug-likeness (QED) is 0.880. The van der Waals surface area contributed by atoms with Crippen molar-refractivity contribution in [3.63, 3.8) is 0 Å². The minimum atomic E-state index is -3.67. The van der Waals surface area contributed by atoms with E-state index in [-0.39, 0.29) is 4.90 Å². The Morgan fingerprint density at radius 3 is 2.12 bits per heavy atom. The van der Waals surface area contributed by atoms with E-state index >= 15 is 0 Å². The van der Waals surface area contributed by atoms with Crippen LogP contribution in [0.2, 0.25) is 0 Å². The third-order valence-electron chi connectivity index (χ3n) is 3.43. The molecule has 1 fully saturated rings. The van der Waals surface area contributed by atoms with E-state index in [4.69, 9.17) is 5.73 Å². The first kappa shape index (κ1) is 12.1. The van der Waals surface area contributed by atoms with Crippen molar-refractivity contribution in [1.29, 1.82) is 0 Å². The highest BCUT2D eigenvalue weighted by Gasteiger charge is 2.51. The molecule has 17 heavy (non-hydrogen) atoms. The van der Waals surface area contributed by atoms with Gasteiger partial charge in [-0.25, -0.2) is 8.42 Å². The molecule has 1 amide bonds. The Balaban J connectivity index is 2.55. The predicted molar refractivity (Wildman–Crippen MR) is 64.0 cm³/mol. The highest BCUT2D eigenvalue weighted by molar-refractivity contribution is 7.93. The maximum absolute atomic E-state index is 12.5. The van der Waals surface area contributed by atoms with Crippen LogP contribution in [0.25, 0.3) is 0 Å². The van der Waals surface area contributed by atoms with Gasteiger partial charge in [-0.1, -0.05) is 31.0 Å². The van der Waals surface area contributed by atoms with Gasteiger partial charge in [-0.05, 0) is 25.0 Å². The summed E-state index contributed by atoms with van der Waals surface area (Å²) in [7, 11) is -3.67. The molecule has 5 heteroatoms. The number of sulfone groups is 1. The van der Waals surface area contributed by atoms with E-state index in [1.807, 2.05) is 0 Å². The van der Waals surface area contributed by atoms with Crippen LogP contribution in [0.4, 0.5) is 0 Å². The Hall–Kier alpha value is -1.36. The lowest BCUT2D eigenvalue weighted by molar-refractivity contribution is -0.120. The number of rotatable bonds is 3. The SMILES string of the molecule is NC(=O)C1(S(=O)(=O)c2ccccc2)CCCC1. The zero-order valence-corrected chi connectivity index (χ0v) is 10.2. The lowest BCUT2D eigenvalue weighted by Gasteiger charge is -2.25. The molecule has 1 aliphatic rings. The summed E-state index contributed by atoms with van der Waals surface area (Å²) >= 11 is 0. The van der Waals surface area contributed by atoms with Crippen molar-refractivity contribution >= 4 is 15.7 Å². The van der Waals surface area contributed by atoms with Gasteiger partial charge in [0.2, 0.25) is 5.91 Å². The smallest absolute Gasteiger partial charge is 0.239 e. The number of amides is 1. The van der Waals surface area contributed by atoms with Crippen LogP contribution < -0.4 is 5.73 Å². The number of benzene rings is 1. The van der Waals surface area contributed by atoms with Gasteiger partial charge in [0.25, 0.3) is 0 Å². The molecule has 0 atom stereocenters. The number of primary amides is 1. The van der Waals surface area contributed by atoms with E-state index < -0.39 is 20.5 Å². The van der Waals surface area contributed by atoms with Gasteiger partial charge in [-0.15, -0.1) is 0 Å². The number of nitrogens with two attached hydrogens (primary N) is 1. The summed E-state index contributed by atoms with van der Waals surface area (Å²) in [4.78, 5) is 11.8. The molecule has 0 bridgehead atoms. The fourth-order valence-electron chi connectivity index (χ4n) is 2.42. The van der Waals surface area contributed by atoms with Gasteiger partial charge in [-0.3, -0.25) is 4.79 Å². The number of carbonyl (C=O) groups is 1. The molecule has 1 aromatic carbocycles. The fourth-order valence-corrected chi connectivity index (χ4v) is 4.48. The van der Waals surface area contributed by atoms with E-state index in [1.54, 1.807) is 18.2 Å². The molecule has 2 N–H and O–H groups in total. The van der Waals surface area contributed by atoms with E-state index in [9.17, 15) is 13.2 Å². The average Bonchev–Trinajstić information content (AvgIpc) is 2.81. The summed E-state index contributed by atoms with van der Waals surface area (Å²) in [5.74, 6) is -0.723. The number of hydrogen-bond acceptors (Lipinski definition) is 3. The maximum atomic E-state index is 12.5. The average molecular weight is 253 g/mol. The minimum Gasteiger partial charge on any atom is -0.368 e. The van der Waals surface area contributed by atoms with Gasteiger partial charge in [0.05, 0.1) is 4.90 Å². The van der Waals surface area contributed by atoms with Crippen molar-refractivity contribution in [2.24, 2.45) is 5.73 Å². The van der Waals surface area contributed by atoms with Crippen LogP contribution in [-0.2, 0) is 14.6 Å². The van der Waals surface area contributed by atoms with Crippen LogP contribution in [0, 0.1) is 0 Å². The standard InChI is InChI=1S/C12H15NO3S/c13-11(14)12(8-4-5-9-12)17(15,16)10-6-2-1-3-7-10/h1-3,6-7H,4-5,8-9H2,(H2,13,14). The molecule has 2 rings (SSSR count). The Labute approximate surface area is 101 Å². The second-order valence-electron chi connectivity index (χ2n) is 4.38. The van der Waals surface area contributed by atoms with Gasteiger partial charge in [-0.2, -0.15) is 0 Å². The molecule has 0 aliphatic heterocycles. The van der Waals surface area contributed by atoms with E-state index in [2.05, 4.69) is 0 Å². The molecule has 1 aromatic rings. The topological polar surface area (TPSA) is 77.2 Å². The zero-order valence-electron chi connectivity index (χ0n) is 9.43. The first-order valence-corrected chi connectivity index (χ1v) is 7.09. The van der Waals surface area contributed by atoms with Crippen molar-refractivity contribution in [1.82, 2.24) is 0 Å². The van der Waals surface area contributed by atoms with Gasteiger partial charge in [0, 0.05) is 0 Å². The van der Waals surface area contributed by atoms with Gasteiger partial charge in [0.1, 0.15) is 0 Å². The van der Waals surface area contributed by atoms with E-state index in [0.29, 0.717) is 12.8 Å². The maximum Gasteiger partial charge on any atom is 0.239 e. The monoisotopic (exact) mass is 253 g/mol. The van der Waals surface area contributed by atoms with E-state index in [0.717, 1.165) is 12.8 Å². The lowest BCUT2D eigenvalue weighted by atomic mass is 10.1. The molecule has 0 unspecified atom stereocenters. The summed E-state index contributed by atoms with van der Waals surface area (Å²) in [5, 5.41) is 0. The highest BCUT2D eigenvalue weighted by atomic mass is 32.2. The molecule has 1 aliphatic carbocycles. The molecule has 0 spiro atoms. The summed E-state index contributed by atoms with van der Waals surface area (Å²) in [6.45, 7) is 0. The zero-order chi connectivity index (χ0) is 12.5. The van der Waals surface area contributed by atoms with Crippen LogP contribution >= 0.6 is 0 Å². The van der Waals surface area contributed by atoms with Crippen molar-refractivity contribution in [3.8, 4) is 0 Å². The number of hydrogen-bond donors (Lipinski definition) is 1. The minimum absolute atomic E-state index is 0.181. The largest absolute Gasteiger partial charge is 0.368 e. The second kappa shape index (κ2) is 4.14. The first-order valence-electron chi connectivity index (χ1n) is 5.60. The second-order valence-corrected chi connectivity index (χ2v) is 6.64. The molecular formula is C12H15NO3S. The molecule has 92 valence electrons. The lowest BCUT2D eigenvalue weighted by Crippen LogP contribution is -2.48. The van der Waals surface area contributed by atoms with Crippen molar-refractivity contribution in [2.45, 2.75) is 35.3 Å². The predicted octanol–water partition coefficient (Wildman–Crippen LogP) is 1.26. The molecule has 1 saturated carbocycles. The van der Waals surface area contributed by atoms with Gasteiger partial charge >= 0.3 is 0 Å². The molecule has 0 aromatic heterocycles. The van der Waals surface area contributed by atoms with Crippen molar-refractivity contribution in [2.75, 3.05) is 0 Å². The molecular weight excluding hydrogens is 238 g/mol. The number of carbonyl (C=O) groups excluding carboxylic acids is 1. The Bertz CT molecular complexity index is 516. The van der Waals surface area contributed by atoms with E-state index in [1.165, 1.54) is 12.1 Å². The molecule has 0 heterocycles. The van der Waals surface area contributed by atoms with Crippen molar-refractivity contribution in [3.05, 3.63) is 30.3 Å². The highest BCUT2D eigenvalue weighted by Crippen LogP contribution is 2.40. The van der Waals surface area contributed by atoms with Crippen LogP contribution in [0.1, 0.15) is 25.7 Å². The van der Waals surface area contributed by atoms with Crippen molar-refractivity contribution < 1.29 is 13.2 Å².